The molecule has 0 bridgehead atoms. The molecule has 0 saturated carbocycles. The molecule has 7 nitrogen and oxygen atoms in total. The Morgan fingerprint density at radius 1 is 0.939 bits per heavy atom. The summed E-state index contributed by atoms with van der Waals surface area (Å²) in [7, 11) is 0. The number of imide groups is 1. The lowest BCUT2D eigenvalue weighted by Gasteiger charge is -2.27. The first-order valence-corrected chi connectivity index (χ1v) is 10.7. The Morgan fingerprint density at radius 3 is 2.12 bits per heavy atom. The van der Waals surface area contributed by atoms with E-state index in [1.807, 2.05) is 48.5 Å². The fourth-order valence-corrected chi connectivity index (χ4v) is 4.59. The molecule has 1 saturated heterocycles. The summed E-state index contributed by atoms with van der Waals surface area (Å²) in [6, 6.07) is 17.8. The molecule has 1 fully saturated rings. The molecule has 1 atom stereocenters. The molecule has 1 aliphatic heterocycles. The molecule has 7 heteroatoms. The molecular formula is C26H25N3O4. The number of carbonyl (C=O) groups is 4. The Hall–Kier alpha value is -4.00. The number of urea groups is 1. The number of amides is 3. The van der Waals surface area contributed by atoms with Gasteiger partial charge in [-0.2, -0.15) is 0 Å². The van der Waals surface area contributed by atoms with Gasteiger partial charge >= 0.3 is 6.03 Å². The number of aromatic nitrogens is 1. The van der Waals surface area contributed by atoms with Crippen LogP contribution >= 0.6 is 0 Å². The largest absolute Gasteiger partial charge is 0.355 e. The van der Waals surface area contributed by atoms with E-state index in [9.17, 15) is 19.2 Å². The highest BCUT2D eigenvalue weighted by atomic mass is 16.2. The second-order valence-electron chi connectivity index (χ2n) is 8.36. The van der Waals surface area contributed by atoms with Crippen LogP contribution in [0.1, 0.15) is 50.2 Å². The topological polar surface area (TPSA) is 99.3 Å². The Kier molecular flexibility index (Phi) is 5.72. The number of hydrogen-bond acceptors (Lipinski definition) is 4. The number of nitrogens with one attached hydrogen (secondary N) is 2. The van der Waals surface area contributed by atoms with Crippen LogP contribution in [-0.2, 0) is 16.8 Å². The van der Waals surface area contributed by atoms with Gasteiger partial charge in [0, 0.05) is 17.7 Å². The Balaban J connectivity index is 1.68. The normalized spacial score (nSPS) is 17.8. The molecule has 0 radical (unpaired) electrons. The number of ketones is 2. The average Bonchev–Trinajstić information content (AvgIpc) is 3.23. The van der Waals surface area contributed by atoms with Crippen LogP contribution in [0.2, 0.25) is 0 Å². The molecule has 2 N–H and O–H groups in total. The van der Waals surface area contributed by atoms with Crippen molar-refractivity contribution in [1.29, 1.82) is 0 Å². The number of nitrogens with zero attached hydrogens (tertiary/aromatic N) is 1. The lowest BCUT2D eigenvalue weighted by Crippen LogP contribution is -2.46. The van der Waals surface area contributed by atoms with Gasteiger partial charge in [-0.15, -0.1) is 0 Å². The third-order valence-corrected chi connectivity index (χ3v) is 6.12. The van der Waals surface area contributed by atoms with Gasteiger partial charge in [-0.3, -0.25) is 19.3 Å². The minimum atomic E-state index is -1.31. The summed E-state index contributed by atoms with van der Waals surface area (Å²) < 4.78 is 0. The smallest absolute Gasteiger partial charge is 0.325 e. The van der Waals surface area contributed by atoms with Gasteiger partial charge in [0.15, 0.2) is 17.1 Å². The summed E-state index contributed by atoms with van der Waals surface area (Å²) in [6.07, 6.45) is 0.252. The molecule has 33 heavy (non-hydrogen) atoms. The highest BCUT2D eigenvalue weighted by molar-refractivity contribution is 6.12. The van der Waals surface area contributed by atoms with Gasteiger partial charge in [0.05, 0.1) is 12.2 Å². The molecule has 0 spiro atoms. The molecule has 2 aromatic carbocycles. The monoisotopic (exact) mass is 443 g/mol. The number of aryl methyl sites for hydroxylation is 1. The second kappa shape index (κ2) is 8.50. The van der Waals surface area contributed by atoms with Crippen molar-refractivity contribution < 1.29 is 19.2 Å². The molecule has 2 heterocycles. The van der Waals surface area contributed by atoms with E-state index in [0.717, 1.165) is 10.5 Å². The number of carbonyl (C=O) groups excluding carboxylic acids is 4. The van der Waals surface area contributed by atoms with Crippen LogP contribution in [0, 0.1) is 13.8 Å². The van der Waals surface area contributed by atoms with E-state index in [0.29, 0.717) is 22.4 Å². The van der Waals surface area contributed by atoms with E-state index in [2.05, 4.69) is 10.3 Å². The Morgan fingerprint density at radius 2 is 1.55 bits per heavy atom. The number of hydrogen-bond donors (Lipinski definition) is 2. The van der Waals surface area contributed by atoms with Crippen LogP contribution in [-0.4, -0.2) is 39.9 Å². The van der Waals surface area contributed by atoms with E-state index in [4.69, 9.17) is 0 Å². The number of rotatable bonds is 7. The summed E-state index contributed by atoms with van der Waals surface area (Å²) in [4.78, 5) is 55.6. The molecule has 3 aromatic rings. The minimum absolute atomic E-state index is 0.152. The van der Waals surface area contributed by atoms with Crippen molar-refractivity contribution in [2.45, 2.75) is 32.7 Å². The van der Waals surface area contributed by atoms with E-state index in [1.54, 1.807) is 26.0 Å². The van der Waals surface area contributed by atoms with E-state index >= 15 is 0 Å². The first-order chi connectivity index (χ1) is 15.7. The summed E-state index contributed by atoms with van der Waals surface area (Å²) in [5, 5.41) is 2.86. The zero-order valence-electron chi connectivity index (χ0n) is 18.8. The standard InChI is InChI=1S/C26H25N3O4/c1-16-22(18(3)30)17(2)27-23(16)21(31)15-29-24(32)26(28-25(29)33,20-12-8-5-9-13-20)14-19-10-6-4-7-11-19/h4-13,27H,14-15H2,1-3H3,(H,28,33). The molecule has 1 aromatic heterocycles. The highest BCUT2D eigenvalue weighted by Gasteiger charge is 2.52. The fraction of sp³-hybridized carbons (Fsp3) is 0.231. The van der Waals surface area contributed by atoms with E-state index < -0.39 is 29.8 Å². The number of aromatic amines is 1. The van der Waals surface area contributed by atoms with Crippen LogP contribution in [0.25, 0.3) is 0 Å². The maximum absolute atomic E-state index is 13.7. The Bertz CT molecular complexity index is 1250. The van der Waals surface area contributed by atoms with Crippen molar-refractivity contribution in [3.05, 3.63) is 94.3 Å². The van der Waals surface area contributed by atoms with E-state index in [-0.39, 0.29) is 17.9 Å². The van der Waals surface area contributed by atoms with Crippen molar-refractivity contribution >= 4 is 23.5 Å². The van der Waals surface area contributed by atoms with Crippen molar-refractivity contribution in [3.63, 3.8) is 0 Å². The number of H-pyrrole nitrogens is 1. The van der Waals surface area contributed by atoms with Crippen molar-refractivity contribution in [2.24, 2.45) is 0 Å². The predicted octanol–water partition coefficient (Wildman–Crippen LogP) is 3.71. The third-order valence-electron chi connectivity index (χ3n) is 6.12. The van der Waals surface area contributed by atoms with Crippen LogP contribution in [0.4, 0.5) is 4.79 Å². The second-order valence-corrected chi connectivity index (χ2v) is 8.36. The van der Waals surface area contributed by atoms with Crippen LogP contribution in [0.3, 0.4) is 0 Å². The van der Waals surface area contributed by atoms with Crippen molar-refractivity contribution in [1.82, 2.24) is 15.2 Å². The molecule has 1 unspecified atom stereocenters. The van der Waals surface area contributed by atoms with Crippen molar-refractivity contribution in [3.8, 4) is 0 Å². The quantitative estimate of drug-likeness (QED) is 0.430. The number of benzene rings is 2. The maximum Gasteiger partial charge on any atom is 0.325 e. The predicted molar refractivity (Wildman–Crippen MR) is 123 cm³/mol. The van der Waals surface area contributed by atoms with Gasteiger partial charge in [-0.25, -0.2) is 4.79 Å². The summed E-state index contributed by atoms with van der Waals surface area (Å²) in [5.41, 5.74) is 2.01. The van der Waals surface area contributed by atoms with E-state index in [1.165, 1.54) is 6.92 Å². The van der Waals surface area contributed by atoms with Gasteiger partial charge in [0.25, 0.3) is 5.91 Å². The van der Waals surface area contributed by atoms with Crippen molar-refractivity contribution in [2.75, 3.05) is 6.54 Å². The average molecular weight is 444 g/mol. The lowest BCUT2D eigenvalue weighted by molar-refractivity contribution is -0.131. The summed E-state index contributed by atoms with van der Waals surface area (Å²) in [5.74, 6) is -1.07. The van der Waals surface area contributed by atoms with Gasteiger partial charge in [-0.1, -0.05) is 60.7 Å². The minimum Gasteiger partial charge on any atom is -0.355 e. The van der Waals surface area contributed by atoms with Gasteiger partial charge in [0.2, 0.25) is 0 Å². The van der Waals surface area contributed by atoms with Crippen LogP contribution in [0.5, 0.6) is 0 Å². The zero-order chi connectivity index (χ0) is 23.8. The van der Waals surface area contributed by atoms with Crippen LogP contribution < -0.4 is 5.32 Å². The molecular weight excluding hydrogens is 418 g/mol. The zero-order valence-corrected chi connectivity index (χ0v) is 18.8. The van der Waals surface area contributed by atoms with Gasteiger partial charge in [0.1, 0.15) is 0 Å². The number of Topliss-reactive ketones (excluding diaryl/α,β-unsaturated/α-hetero) is 2. The summed E-state index contributed by atoms with van der Waals surface area (Å²) in [6.45, 7) is 4.41. The van der Waals surface area contributed by atoms with Crippen LogP contribution in [0.15, 0.2) is 60.7 Å². The molecule has 1 aliphatic rings. The highest BCUT2D eigenvalue weighted by Crippen LogP contribution is 2.33. The first-order valence-electron chi connectivity index (χ1n) is 10.7. The Labute approximate surface area is 191 Å². The molecule has 4 rings (SSSR count). The maximum atomic E-state index is 13.7. The SMILES string of the molecule is CC(=O)c1c(C)[nH]c(C(=O)CN2C(=O)NC(Cc3ccccc3)(c3ccccc3)C2=O)c1C. The molecule has 3 amide bonds. The third kappa shape index (κ3) is 3.86. The van der Waals surface area contributed by atoms with Gasteiger partial charge in [-0.05, 0) is 37.5 Å². The lowest BCUT2D eigenvalue weighted by atomic mass is 9.83. The molecule has 0 aliphatic carbocycles. The molecule has 168 valence electrons. The summed E-state index contributed by atoms with van der Waals surface area (Å²) >= 11 is 0. The van der Waals surface area contributed by atoms with Gasteiger partial charge < -0.3 is 10.3 Å². The first kappa shape index (κ1) is 22.2. The fourth-order valence-electron chi connectivity index (χ4n) is 4.59.